The summed E-state index contributed by atoms with van der Waals surface area (Å²) in [6.45, 7) is 0. The van der Waals surface area contributed by atoms with Crippen LogP contribution in [-0.2, 0) is 6.42 Å². The van der Waals surface area contributed by atoms with Gasteiger partial charge < -0.3 is 0 Å². The Morgan fingerprint density at radius 1 is 1.55 bits per heavy atom. The molecule has 0 saturated carbocycles. The molecule has 1 N–H and O–H groups in total. The van der Waals surface area contributed by atoms with E-state index in [1.165, 1.54) is 0 Å². The highest BCUT2D eigenvalue weighted by Crippen LogP contribution is 2.31. The zero-order valence-electron chi connectivity index (χ0n) is 5.65. The third-order valence-electron chi connectivity index (χ3n) is 1.60. The van der Waals surface area contributed by atoms with Crippen molar-refractivity contribution in [2.45, 2.75) is 10.5 Å². The van der Waals surface area contributed by atoms with Gasteiger partial charge in [-0.25, -0.2) is 0 Å². The first-order chi connectivity index (χ1) is 5.17. The van der Waals surface area contributed by atoms with Gasteiger partial charge in [0, 0.05) is 6.42 Å². The molecule has 1 aromatic heterocycles. The van der Waals surface area contributed by atoms with Crippen molar-refractivity contribution < 1.29 is 0 Å². The zero-order chi connectivity index (χ0) is 7.90. The van der Waals surface area contributed by atoms with Gasteiger partial charge in [0.15, 0.2) is 0 Å². The largest absolute Gasteiger partial charge is 0.258 e. The molecule has 0 aromatic carbocycles. The number of aromatic amines is 1. The lowest BCUT2D eigenvalue weighted by atomic mass is 10.1. The van der Waals surface area contributed by atoms with E-state index in [1.807, 2.05) is 12.2 Å². The van der Waals surface area contributed by atoms with Gasteiger partial charge in [-0.15, -0.1) is 5.10 Å². The van der Waals surface area contributed by atoms with Crippen LogP contribution in [0.25, 0.3) is 6.08 Å². The number of fused-ring (bicyclic) bond motifs is 1. The smallest absolute Gasteiger partial charge is 0.0923 e. The number of nitrogens with zero attached hydrogens (tertiary/aromatic N) is 2. The fourth-order valence-electron chi connectivity index (χ4n) is 1.04. The lowest BCUT2D eigenvalue weighted by molar-refractivity contribution is 0.876. The van der Waals surface area contributed by atoms with Gasteiger partial charge in [-0.05, 0) is 6.08 Å². The van der Waals surface area contributed by atoms with Crippen molar-refractivity contribution in [1.82, 2.24) is 15.4 Å². The highest BCUT2D eigenvalue weighted by molar-refractivity contribution is 8.00. The molecule has 5 heteroatoms. The van der Waals surface area contributed by atoms with Gasteiger partial charge in [0.1, 0.15) is 0 Å². The summed E-state index contributed by atoms with van der Waals surface area (Å²) in [5, 5.41) is 10.4. The quantitative estimate of drug-likeness (QED) is 0.416. The molecular weight excluding hydrogens is 178 g/mol. The van der Waals surface area contributed by atoms with Crippen LogP contribution in [-0.4, -0.2) is 19.5 Å². The summed E-state index contributed by atoms with van der Waals surface area (Å²) in [5.74, 6) is 0. The van der Waals surface area contributed by atoms with E-state index in [-0.39, 0.29) is 4.08 Å². The molecule has 0 aliphatic heterocycles. The SMILES string of the molecule is SC1(S)C=Cc2[nH]nnc2C1. The normalized spacial score (nSPS) is 19.8. The number of rotatable bonds is 0. The predicted molar refractivity (Wildman–Crippen MR) is 49.8 cm³/mol. The maximum absolute atomic E-state index is 4.31. The van der Waals surface area contributed by atoms with Gasteiger partial charge >= 0.3 is 0 Å². The van der Waals surface area contributed by atoms with Crippen molar-refractivity contribution in [2.24, 2.45) is 0 Å². The number of hydrogen-bond donors (Lipinski definition) is 3. The van der Waals surface area contributed by atoms with Gasteiger partial charge in [0.05, 0.1) is 15.5 Å². The topological polar surface area (TPSA) is 41.6 Å². The molecular formula is C6H7N3S2. The Morgan fingerprint density at radius 2 is 2.36 bits per heavy atom. The molecule has 0 amide bonds. The Balaban J connectivity index is 2.44. The van der Waals surface area contributed by atoms with Crippen LogP contribution in [0.2, 0.25) is 0 Å². The second kappa shape index (κ2) is 2.28. The molecule has 3 nitrogen and oxygen atoms in total. The molecule has 2 rings (SSSR count). The number of thiol groups is 2. The molecule has 0 bridgehead atoms. The standard InChI is InChI=1S/C6H7N3S2/c10-6(11)2-1-4-5(3-6)8-9-7-4/h1-2,10-11H,3H2,(H,7,8,9). The minimum atomic E-state index is -0.371. The highest BCUT2D eigenvalue weighted by Gasteiger charge is 2.24. The van der Waals surface area contributed by atoms with E-state index in [9.17, 15) is 0 Å². The fourth-order valence-corrected chi connectivity index (χ4v) is 1.49. The molecule has 0 fully saturated rings. The summed E-state index contributed by atoms with van der Waals surface area (Å²) < 4.78 is -0.371. The van der Waals surface area contributed by atoms with Crippen molar-refractivity contribution in [3.05, 3.63) is 17.5 Å². The monoisotopic (exact) mass is 185 g/mol. The number of H-pyrrole nitrogens is 1. The Morgan fingerprint density at radius 3 is 3.18 bits per heavy atom. The highest BCUT2D eigenvalue weighted by atomic mass is 32.2. The van der Waals surface area contributed by atoms with Crippen LogP contribution in [0.1, 0.15) is 11.4 Å². The second-order valence-electron chi connectivity index (χ2n) is 2.56. The van der Waals surface area contributed by atoms with E-state index >= 15 is 0 Å². The lowest BCUT2D eigenvalue weighted by Crippen LogP contribution is -2.17. The molecule has 11 heavy (non-hydrogen) atoms. The predicted octanol–water partition coefficient (Wildman–Crippen LogP) is 0.930. The van der Waals surface area contributed by atoms with E-state index < -0.39 is 0 Å². The van der Waals surface area contributed by atoms with Gasteiger partial charge in [-0.3, -0.25) is 5.10 Å². The maximum atomic E-state index is 4.31. The van der Waals surface area contributed by atoms with Crippen molar-refractivity contribution in [3.8, 4) is 0 Å². The third kappa shape index (κ3) is 1.30. The van der Waals surface area contributed by atoms with E-state index in [1.54, 1.807) is 0 Å². The van der Waals surface area contributed by atoms with E-state index in [4.69, 9.17) is 0 Å². The Bertz CT molecular complexity index is 303. The first-order valence-corrected chi connectivity index (χ1v) is 4.11. The van der Waals surface area contributed by atoms with Gasteiger partial charge in [-0.1, -0.05) is 11.3 Å². The van der Waals surface area contributed by atoms with E-state index in [0.29, 0.717) is 6.42 Å². The molecule has 58 valence electrons. The Kier molecular flexibility index (Phi) is 1.50. The first-order valence-electron chi connectivity index (χ1n) is 3.21. The number of aromatic nitrogens is 3. The Hall–Kier alpha value is -0.420. The molecule has 0 saturated heterocycles. The van der Waals surface area contributed by atoms with Crippen molar-refractivity contribution in [3.63, 3.8) is 0 Å². The van der Waals surface area contributed by atoms with Gasteiger partial charge in [0.2, 0.25) is 0 Å². The van der Waals surface area contributed by atoms with Crippen LogP contribution >= 0.6 is 25.3 Å². The van der Waals surface area contributed by atoms with Crippen LogP contribution in [0.3, 0.4) is 0 Å². The van der Waals surface area contributed by atoms with Crippen LogP contribution in [0.15, 0.2) is 6.08 Å². The summed E-state index contributed by atoms with van der Waals surface area (Å²) in [7, 11) is 0. The molecule has 0 unspecified atom stereocenters. The molecule has 0 radical (unpaired) electrons. The van der Waals surface area contributed by atoms with Crippen LogP contribution in [0.5, 0.6) is 0 Å². The molecule has 1 aromatic rings. The van der Waals surface area contributed by atoms with Crippen LogP contribution in [0, 0.1) is 0 Å². The van der Waals surface area contributed by atoms with Gasteiger partial charge in [0.25, 0.3) is 0 Å². The molecule has 0 atom stereocenters. The minimum absolute atomic E-state index is 0.371. The second-order valence-corrected chi connectivity index (χ2v) is 4.51. The van der Waals surface area contributed by atoms with E-state index in [2.05, 4.69) is 40.7 Å². The summed E-state index contributed by atoms with van der Waals surface area (Å²) in [4.78, 5) is 0. The minimum Gasteiger partial charge on any atom is -0.258 e. The summed E-state index contributed by atoms with van der Waals surface area (Å²) >= 11 is 8.63. The average molecular weight is 185 g/mol. The fraction of sp³-hybridized carbons (Fsp3) is 0.333. The molecule has 1 heterocycles. The molecule has 1 aliphatic carbocycles. The van der Waals surface area contributed by atoms with Gasteiger partial charge in [-0.2, -0.15) is 25.3 Å². The maximum Gasteiger partial charge on any atom is 0.0923 e. The number of nitrogens with one attached hydrogen (secondary N) is 1. The van der Waals surface area contributed by atoms with Crippen molar-refractivity contribution >= 4 is 31.3 Å². The lowest BCUT2D eigenvalue weighted by Gasteiger charge is -2.19. The van der Waals surface area contributed by atoms with E-state index in [0.717, 1.165) is 11.4 Å². The first kappa shape index (κ1) is 7.24. The average Bonchev–Trinajstić information content (AvgIpc) is 2.31. The molecule has 0 spiro atoms. The zero-order valence-corrected chi connectivity index (χ0v) is 7.44. The summed E-state index contributed by atoms with van der Waals surface area (Å²) in [6.07, 6.45) is 4.53. The van der Waals surface area contributed by atoms with Crippen LogP contribution in [0.4, 0.5) is 0 Å². The van der Waals surface area contributed by atoms with Crippen molar-refractivity contribution in [1.29, 1.82) is 0 Å². The summed E-state index contributed by atoms with van der Waals surface area (Å²) in [6, 6.07) is 0. The number of hydrogen-bond acceptors (Lipinski definition) is 4. The summed E-state index contributed by atoms with van der Waals surface area (Å²) in [5.41, 5.74) is 1.89. The van der Waals surface area contributed by atoms with Crippen LogP contribution < -0.4 is 0 Å². The Labute approximate surface area is 75.1 Å². The van der Waals surface area contributed by atoms with Crippen molar-refractivity contribution in [2.75, 3.05) is 0 Å². The third-order valence-corrected chi connectivity index (χ3v) is 2.21. The molecule has 1 aliphatic rings.